The number of nitrogens with one attached hydrogen (secondary N) is 1. The van der Waals surface area contributed by atoms with Crippen molar-refractivity contribution in [1.29, 1.82) is 0 Å². The van der Waals surface area contributed by atoms with E-state index in [4.69, 9.17) is 10.8 Å². The van der Waals surface area contributed by atoms with Crippen LogP contribution in [0.25, 0.3) is 0 Å². The summed E-state index contributed by atoms with van der Waals surface area (Å²) in [5.74, 6) is 0.545. The zero-order valence-corrected chi connectivity index (χ0v) is 7.57. The predicted octanol–water partition coefficient (Wildman–Crippen LogP) is -0.483. The highest BCUT2D eigenvalue weighted by atomic mass is 16.3. The second kappa shape index (κ2) is 4.74. The molecule has 1 unspecified atom stereocenters. The standard InChI is InChI=1S/C8H14N4O/c1-6-2-3-10-8(12-6)11-4-7(9)5-13/h2-3,7,13H,4-5,9H2,1H3,(H,10,11,12). The third-order valence-electron chi connectivity index (χ3n) is 1.55. The highest BCUT2D eigenvalue weighted by Gasteiger charge is 2.00. The lowest BCUT2D eigenvalue weighted by atomic mass is 10.3. The van der Waals surface area contributed by atoms with Gasteiger partial charge in [0.2, 0.25) is 5.95 Å². The zero-order chi connectivity index (χ0) is 9.68. The molecule has 0 aliphatic heterocycles. The Balaban J connectivity index is 2.45. The summed E-state index contributed by atoms with van der Waals surface area (Å²) in [6.45, 7) is 2.32. The maximum absolute atomic E-state index is 8.66. The highest BCUT2D eigenvalue weighted by Crippen LogP contribution is 1.97. The van der Waals surface area contributed by atoms with Gasteiger partial charge in [0.25, 0.3) is 0 Å². The van der Waals surface area contributed by atoms with Gasteiger partial charge in [-0.05, 0) is 13.0 Å². The summed E-state index contributed by atoms with van der Waals surface area (Å²) >= 11 is 0. The first-order valence-corrected chi connectivity index (χ1v) is 4.12. The minimum Gasteiger partial charge on any atom is -0.395 e. The van der Waals surface area contributed by atoms with Gasteiger partial charge in [0.1, 0.15) is 0 Å². The summed E-state index contributed by atoms with van der Waals surface area (Å²) in [6.07, 6.45) is 1.68. The van der Waals surface area contributed by atoms with E-state index in [-0.39, 0.29) is 12.6 Å². The number of nitrogens with zero attached hydrogens (tertiary/aromatic N) is 2. The fraction of sp³-hybridized carbons (Fsp3) is 0.500. The van der Waals surface area contributed by atoms with Crippen LogP contribution in [-0.2, 0) is 0 Å². The van der Waals surface area contributed by atoms with Crippen molar-refractivity contribution in [3.05, 3.63) is 18.0 Å². The molecular formula is C8H14N4O. The van der Waals surface area contributed by atoms with E-state index in [1.807, 2.05) is 13.0 Å². The van der Waals surface area contributed by atoms with Gasteiger partial charge in [-0.3, -0.25) is 0 Å². The van der Waals surface area contributed by atoms with Crippen LogP contribution < -0.4 is 11.1 Å². The van der Waals surface area contributed by atoms with Gasteiger partial charge in [0, 0.05) is 24.5 Å². The predicted molar refractivity (Wildman–Crippen MR) is 50.3 cm³/mol. The minimum absolute atomic E-state index is 0.0428. The molecule has 1 heterocycles. The van der Waals surface area contributed by atoms with Crippen LogP contribution in [0.4, 0.5) is 5.95 Å². The molecule has 1 aromatic rings. The molecule has 0 saturated heterocycles. The van der Waals surface area contributed by atoms with E-state index in [1.165, 1.54) is 0 Å². The van der Waals surface area contributed by atoms with Crippen molar-refractivity contribution in [2.75, 3.05) is 18.5 Å². The van der Waals surface area contributed by atoms with Crippen LogP contribution in [0.2, 0.25) is 0 Å². The summed E-state index contributed by atoms with van der Waals surface area (Å²) in [4.78, 5) is 8.11. The lowest BCUT2D eigenvalue weighted by Gasteiger charge is -2.09. The van der Waals surface area contributed by atoms with Crippen molar-refractivity contribution < 1.29 is 5.11 Å². The Morgan fingerprint density at radius 3 is 3.08 bits per heavy atom. The molecule has 0 spiro atoms. The number of rotatable bonds is 4. The van der Waals surface area contributed by atoms with Crippen molar-refractivity contribution >= 4 is 5.95 Å². The fourth-order valence-corrected chi connectivity index (χ4v) is 0.821. The fourth-order valence-electron chi connectivity index (χ4n) is 0.821. The molecule has 0 bridgehead atoms. The molecule has 0 aromatic carbocycles. The normalized spacial score (nSPS) is 12.5. The molecule has 1 rings (SSSR count). The van der Waals surface area contributed by atoms with Crippen LogP contribution >= 0.6 is 0 Å². The van der Waals surface area contributed by atoms with Crippen molar-refractivity contribution in [2.24, 2.45) is 5.73 Å². The van der Waals surface area contributed by atoms with E-state index in [9.17, 15) is 0 Å². The number of aryl methyl sites for hydroxylation is 1. The maximum atomic E-state index is 8.66. The molecule has 0 amide bonds. The third kappa shape index (κ3) is 3.35. The van der Waals surface area contributed by atoms with Crippen molar-refractivity contribution in [2.45, 2.75) is 13.0 Å². The van der Waals surface area contributed by atoms with Crippen LogP contribution in [0.5, 0.6) is 0 Å². The molecule has 5 heteroatoms. The van der Waals surface area contributed by atoms with E-state index in [2.05, 4.69) is 15.3 Å². The molecular weight excluding hydrogens is 168 g/mol. The number of hydrogen-bond acceptors (Lipinski definition) is 5. The number of aliphatic hydroxyl groups is 1. The Kier molecular flexibility index (Phi) is 3.60. The lowest BCUT2D eigenvalue weighted by Crippen LogP contribution is -2.32. The van der Waals surface area contributed by atoms with Crippen LogP contribution in [0, 0.1) is 6.92 Å². The molecule has 0 fully saturated rings. The number of aliphatic hydroxyl groups excluding tert-OH is 1. The lowest BCUT2D eigenvalue weighted by molar-refractivity contribution is 0.270. The molecule has 1 atom stereocenters. The first kappa shape index (κ1) is 9.88. The Bertz CT molecular complexity index is 266. The topological polar surface area (TPSA) is 84.1 Å². The van der Waals surface area contributed by atoms with Gasteiger partial charge in [-0.25, -0.2) is 9.97 Å². The van der Waals surface area contributed by atoms with Crippen molar-refractivity contribution in [3.63, 3.8) is 0 Å². The average Bonchev–Trinajstić information content (AvgIpc) is 2.14. The molecule has 0 saturated carbocycles. The van der Waals surface area contributed by atoms with Gasteiger partial charge < -0.3 is 16.2 Å². The molecule has 0 aliphatic carbocycles. The monoisotopic (exact) mass is 182 g/mol. The highest BCUT2D eigenvalue weighted by molar-refractivity contribution is 5.24. The third-order valence-corrected chi connectivity index (χ3v) is 1.55. The first-order chi connectivity index (χ1) is 6.22. The summed E-state index contributed by atoms with van der Waals surface area (Å²) in [6, 6.07) is 1.54. The molecule has 13 heavy (non-hydrogen) atoms. The number of nitrogens with two attached hydrogens (primary N) is 1. The van der Waals surface area contributed by atoms with Gasteiger partial charge in [-0.2, -0.15) is 0 Å². The number of hydrogen-bond donors (Lipinski definition) is 3. The van der Waals surface area contributed by atoms with Crippen molar-refractivity contribution in [3.8, 4) is 0 Å². The smallest absolute Gasteiger partial charge is 0.222 e. The van der Waals surface area contributed by atoms with Gasteiger partial charge in [0.05, 0.1) is 6.61 Å². The van der Waals surface area contributed by atoms with Crippen molar-refractivity contribution in [1.82, 2.24) is 9.97 Å². The van der Waals surface area contributed by atoms with E-state index in [1.54, 1.807) is 6.20 Å². The minimum atomic E-state index is -0.274. The SMILES string of the molecule is Cc1ccnc(NCC(N)CO)n1. The van der Waals surface area contributed by atoms with E-state index in [0.717, 1.165) is 5.69 Å². The molecule has 5 nitrogen and oxygen atoms in total. The second-order valence-corrected chi connectivity index (χ2v) is 2.85. The van der Waals surface area contributed by atoms with Gasteiger partial charge in [-0.1, -0.05) is 0 Å². The van der Waals surface area contributed by atoms with Crippen LogP contribution in [-0.4, -0.2) is 34.3 Å². The van der Waals surface area contributed by atoms with E-state index in [0.29, 0.717) is 12.5 Å². The molecule has 4 N–H and O–H groups in total. The summed E-state index contributed by atoms with van der Waals surface area (Å²) in [5, 5.41) is 11.6. The molecule has 1 aromatic heterocycles. The Hall–Kier alpha value is -1.20. The summed E-state index contributed by atoms with van der Waals surface area (Å²) < 4.78 is 0. The van der Waals surface area contributed by atoms with Gasteiger partial charge >= 0.3 is 0 Å². The number of anilines is 1. The maximum Gasteiger partial charge on any atom is 0.222 e. The average molecular weight is 182 g/mol. The Morgan fingerprint density at radius 1 is 1.69 bits per heavy atom. The summed E-state index contributed by atoms with van der Waals surface area (Å²) in [7, 11) is 0. The van der Waals surface area contributed by atoms with Crippen LogP contribution in [0.15, 0.2) is 12.3 Å². The molecule has 72 valence electrons. The van der Waals surface area contributed by atoms with Crippen LogP contribution in [0.1, 0.15) is 5.69 Å². The number of aromatic nitrogens is 2. The Morgan fingerprint density at radius 2 is 2.46 bits per heavy atom. The van der Waals surface area contributed by atoms with Crippen LogP contribution in [0.3, 0.4) is 0 Å². The van der Waals surface area contributed by atoms with Gasteiger partial charge in [-0.15, -0.1) is 0 Å². The quantitative estimate of drug-likeness (QED) is 0.585. The molecule has 0 radical (unpaired) electrons. The van der Waals surface area contributed by atoms with E-state index >= 15 is 0 Å². The summed E-state index contributed by atoms with van der Waals surface area (Å²) in [5.41, 5.74) is 6.39. The largest absolute Gasteiger partial charge is 0.395 e. The first-order valence-electron chi connectivity index (χ1n) is 4.12. The van der Waals surface area contributed by atoms with E-state index < -0.39 is 0 Å². The Labute approximate surface area is 77.0 Å². The van der Waals surface area contributed by atoms with Gasteiger partial charge in [0.15, 0.2) is 0 Å². The molecule has 0 aliphatic rings. The second-order valence-electron chi connectivity index (χ2n) is 2.85. The zero-order valence-electron chi connectivity index (χ0n) is 7.57.